The predicted molar refractivity (Wildman–Crippen MR) is 89.2 cm³/mol. The SMILES string of the molecule is C[C@]1(O)CC(=O)[C@@]2(O)[C@](O)(CC[C@H]3C(=O)c4c(O)cccc4C(=O)[C@]32O)C1. The number of aliphatic hydroxyl groups is 4. The molecule has 3 aliphatic carbocycles. The summed E-state index contributed by atoms with van der Waals surface area (Å²) in [5, 5.41) is 54.0. The van der Waals surface area contributed by atoms with Crippen LogP contribution in [0, 0.1) is 5.92 Å². The normalized spacial score (nSPS) is 43.7. The van der Waals surface area contributed by atoms with E-state index in [0.717, 1.165) is 0 Å². The zero-order valence-corrected chi connectivity index (χ0v) is 14.6. The van der Waals surface area contributed by atoms with Crippen LogP contribution in [0.1, 0.15) is 53.3 Å². The van der Waals surface area contributed by atoms with Gasteiger partial charge in [-0.2, -0.15) is 0 Å². The van der Waals surface area contributed by atoms with Crippen molar-refractivity contribution in [2.24, 2.45) is 5.92 Å². The molecule has 2 saturated carbocycles. The zero-order valence-electron chi connectivity index (χ0n) is 14.6. The third-order valence-corrected chi connectivity index (χ3v) is 6.39. The van der Waals surface area contributed by atoms with Gasteiger partial charge in [0.2, 0.25) is 0 Å². The van der Waals surface area contributed by atoms with Crippen LogP contribution in [0.5, 0.6) is 5.75 Å². The molecule has 3 aliphatic rings. The standard InChI is InChI=1S/C19H20O8/c1-16(24)7-12(21)19(27)17(25,8-16)6-5-10-14(22)13-9(3-2-4-11(13)20)15(23)18(10,19)26/h2-4,10,20,24-27H,5-8H2,1H3/t10-,16-,17-,18+,19+/m0/s1. The zero-order chi connectivity index (χ0) is 20.0. The number of hydrogen-bond acceptors (Lipinski definition) is 8. The molecule has 27 heavy (non-hydrogen) atoms. The minimum Gasteiger partial charge on any atom is -0.507 e. The fourth-order valence-electron chi connectivity index (χ4n) is 5.25. The summed E-state index contributed by atoms with van der Waals surface area (Å²) >= 11 is 0. The Morgan fingerprint density at radius 2 is 1.74 bits per heavy atom. The molecule has 0 radical (unpaired) electrons. The van der Waals surface area contributed by atoms with Crippen molar-refractivity contribution in [3.05, 3.63) is 29.3 Å². The number of phenols is 1. The smallest absolute Gasteiger partial charge is 0.199 e. The van der Waals surface area contributed by atoms with E-state index in [1.807, 2.05) is 0 Å². The lowest BCUT2D eigenvalue weighted by Gasteiger charge is -2.61. The molecule has 5 atom stereocenters. The van der Waals surface area contributed by atoms with Crippen LogP contribution in [0.4, 0.5) is 0 Å². The number of rotatable bonds is 0. The van der Waals surface area contributed by atoms with Crippen molar-refractivity contribution in [1.29, 1.82) is 0 Å². The van der Waals surface area contributed by atoms with Crippen molar-refractivity contribution in [2.45, 2.75) is 55.0 Å². The van der Waals surface area contributed by atoms with Crippen molar-refractivity contribution in [3.8, 4) is 5.75 Å². The summed E-state index contributed by atoms with van der Waals surface area (Å²) < 4.78 is 0. The molecule has 1 aromatic carbocycles. The number of hydrogen-bond donors (Lipinski definition) is 5. The Balaban J connectivity index is 1.98. The van der Waals surface area contributed by atoms with Crippen molar-refractivity contribution < 1.29 is 39.9 Å². The molecular weight excluding hydrogens is 356 g/mol. The van der Waals surface area contributed by atoms with Crippen LogP contribution in [0.25, 0.3) is 0 Å². The number of ketones is 3. The van der Waals surface area contributed by atoms with Gasteiger partial charge in [0.15, 0.2) is 28.6 Å². The lowest BCUT2D eigenvalue weighted by Crippen LogP contribution is -2.83. The van der Waals surface area contributed by atoms with E-state index in [-0.39, 0.29) is 24.0 Å². The first-order valence-corrected chi connectivity index (χ1v) is 8.73. The molecular formula is C19H20O8. The van der Waals surface area contributed by atoms with Gasteiger partial charge in [-0.3, -0.25) is 14.4 Å². The lowest BCUT2D eigenvalue weighted by molar-refractivity contribution is -0.274. The maximum atomic E-state index is 13.2. The topological polar surface area (TPSA) is 152 Å². The van der Waals surface area contributed by atoms with E-state index in [9.17, 15) is 39.9 Å². The van der Waals surface area contributed by atoms with E-state index < -0.39 is 64.3 Å². The predicted octanol–water partition coefficient (Wildman–Crippen LogP) is -0.512. The first kappa shape index (κ1) is 18.2. The van der Waals surface area contributed by atoms with Crippen LogP contribution in [0.2, 0.25) is 0 Å². The Morgan fingerprint density at radius 3 is 2.41 bits per heavy atom. The summed E-state index contributed by atoms with van der Waals surface area (Å²) in [5.41, 5.74) is -10.3. The molecule has 0 aromatic heterocycles. The van der Waals surface area contributed by atoms with E-state index in [1.54, 1.807) is 0 Å². The van der Waals surface area contributed by atoms with Gasteiger partial charge in [0.25, 0.3) is 0 Å². The average Bonchev–Trinajstić information content (AvgIpc) is 2.55. The van der Waals surface area contributed by atoms with Crippen molar-refractivity contribution in [3.63, 3.8) is 0 Å². The highest BCUT2D eigenvalue weighted by Gasteiger charge is 2.78. The van der Waals surface area contributed by atoms with Gasteiger partial charge in [-0.1, -0.05) is 12.1 Å². The van der Waals surface area contributed by atoms with Gasteiger partial charge in [0, 0.05) is 18.4 Å². The van der Waals surface area contributed by atoms with E-state index in [4.69, 9.17) is 0 Å². The Morgan fingerprint density at radius 1 is 1.07 bits per heavy atom. The molecule has 5 N–H and O–H groups in total. The van der Waals surface area contributed by atoms with Gasteiger partial charge in [-0.15, -0.1) is 0 Å². The summed E-state index contributed by atoms with van der Waals surface area (Å²) in [4.78, 5) is 39.0. The van der Waals surface area contributed by atoms with E-state index in [2.05, 4.69) is 0 Å². The Bertz CT molecular complexity index is 905. The summed E-state index contributed by atoms with van der Waals surface area (Å²) in [6.07, 6.45) is -1.50. The monoisotopic (exact) mass is 376 g/mol. The molecule has 8 heteroatoms. The summed E-state index contributed by atoms with van der Waals surface area (Å²) in [7, 11) is 0. The van der Waals surface area contributed by atoms with Crippen molar-refractivity contribution >= 4 is 17.3 Å². The molecule has 1 aromatic rings. The van der Waals surface area contributed by atoms with Crippen molar-refractivity contribution in [2.75, 3.05) is 0 Å². The largest absolute Gasteiger partial charge is 0.507 e. The maximum absolute atomic E-state index is 13.2. The van der Waals surface area contributed by atoms with Crippen LogP contribution >= 0.6 is 0 Å². The lowest BCUT2D eigenvalue weighted by atomic mass is 9.47. The van der Waals surface area contributed by atoms with E-state index in [1.165, 1.54) is 25.1 Å². The van der Waals surface area contributed by atoms with Gasteiger partial charge in [-0.25, -0.2) is 0 Å². The van der Waals surface area contributed by atoms with Gasteiger partial charge in [0.05, 0.1) is 17.1 Å². The highest BCUT2D eigenvalue weighted by Crippen LogP contribution is 2.57. The molecule has 0 aliphatic heterocycles. The molecule has 2 fully saturated rings. The first-order chi connectivity index (χ1) is 12.4. The number of fused-ring (bicyclic) bond motifs is 4. The fourth-order valence-corrected chi connectivity index (χ4v) is 5.25. The summed E-state index contributed by atoms with van der Waals surface area (Å²) in [6, 6.07) is 3.74. The average molecular weight is 376 g/mol. The summed E-state index contributed by atoms with van der Waals surface area (Å²) in [5.74, 6) is -4.90. The Kier molecular flexibility index (Phi) is 3.39. The summed E-state index contributed by atoms with van der Waals surface area (Å²) in [6.45, 7) is 1.32. The minimum absolute atomic E-state index is 0.197. The van der Waals surface area contributed by atoms with Crippen LogP contribution in [-0.4, -0.2) is 65.3 Å². The van der Waals surface area contributed by atoms with Crippen LogP contribution in [-0.2, 0) is 4.79 Å². The van der Waals surface area contributed by atoms with Gasteiger partial charge < -0.3 is 25.5 Å². The highest BCUT2D eigenvalue weighted by atomic mass is 16.4. The first-order valence-electron chi connectivity index (χ1n) is 8.73. The number of carbonyl (C=O) groups is 3. The van der Waals surface area contributed by atoms with Gasteiger partial charge in [-0.05, 0) is 25.8 Å². The van der Waals surface area contributed by atoms with E-state index >= 15 is 0 Å². The number of phenolic OH excluding ortho intramolecular Hbond substituents is 1. The minimum atomic E-state index is -2.94. The molecule has 0 spiro atoms. The van der Waals surface area contributed by atoms with Gasteiger partial charge in [0.1, 0.15) is 11.4 Å². The Hall–Kier alpha value is -2.13. The Labute approximate surface area is 154 Å². The number of Topliss-reactive ketones (excluding diaryl/α,β-unsaturated/α-hetero) is 3. The molecule has 8 nitrogen and oxygen atoms in total. The molecule has 4 rings (SSSR count). The number of carbonyl (C=O) groups excluding carboxylic acids is 3. The number of aromatic hydroxyl groups is 1. The second kappa shape index (κ2) is 5.02. The van der Waals surface area contributed by atoms with Gasteiger partial charge >= 0.3 is 0 Å². The maximum Gasteiger partial charge on any atom is 0.199 e. The second-order valence-corrected chi connectivity index (χ2v) is 8.27. The molecule has 0 bridgehead atoms. The highest BCUT2D eigenvalue weighted by molar-refractivity contribution is 6.22. The van der Waals surface area contributed by atoms with Crippen LogP contribution in [0.3, 0.4) is 0 Å². The molecule has 0 unspecified atom stereocenters. The van der Waals surface area contributed by atoms with Crippen LogP contribution < -0.4 is 0 Å². The van der Waals surface area contributed by atoms with E-state index in [0.29, 0.717) is 0 Å². The quantitative estimate of drug-likeness (QED) is 0.406. The molecule has 0 saturated heterocycles. The van der Waals surface area contributed by atoms with Crippen molar-refractivity contribution in [1.82, 2.24) is 0 Å². The third-order valence-electron chi connectivity index (χ3n) is 6.39. The third kappa shape index (κ3) is 1.93. The molecule has 0 heterocycles. The number of benzene rings is 1. The second-order valence-electron chi connectivity index (χ2n) is 8.27. The molecule has 144 valence electrons. The fraction of sp³-hybridized carbons (Fsp3) is 0.526. The van der Waals surface area contributed by atoms with Crippen LogP contribution in [0.15, 0.2) is 18.2 Å². The molecule has 0 amide bonds.